The molecule has 0 saturated carbocycles. The molecule has 1 amide bonds. The summed E-state index contributed by atoms with van der Waals surface area (Å²) in [5.41, 5.74) is 5.67. The van der Waals surface area contributed by atoms with E-state index in [1.807, 2.05) is 30.3 Å². The summed E-state index contributed by atoms with van der Waals surface area (Å²) in [6, 6.07) is 9.31. The molecule has 1 aromatic rings. The van der Waals surface area contributed by atoms with Crippen molar-refractivity contribution in [3.05, 3.63) is 30.3 Å². The monoisotopic (exact) mass is 135 g/mol. The molecule has 2 N–H and O–H groups in total. The summed E-state index contributed by atoms with van der Waals surface area (Å²) in [4.78, 5) is 9.68. The average Bonchev–Trinajstić information content (AvgIpc) is 2.03. The maximum Gasteiger partial charge on any atom is 0.329 e. The van der Waals surface area contributed by atoms with E-state index in [1.165, 1.54) is 6.41 Å². The Morgan fingerprint density at radius 2 is 1.90 bits per heavy atom. The van der Waals surface area contributed by atoms with Crippen molar-refractivity contribution in [2.75, 3.05) is 5.43 Å². The maximum atomic E-state index is 9.68. The number of carbonyl (C=O) groups excluding carboxylic acids is 1. The fourth-order valence-corrected chi connectivity index (χ4v) is 0.619. The Bertz CT molecular complexity index is 198. The third kappa shape index (κ3) is 1.78. The van der Waals surface area contributed by atoms with Crippen molar-refractivity contribution in [3.8, 4) is 0 Å². The number of rotatable bonds is 3. The quantitative estimate of drug-likeness (QED) is 0.472. The minimum atomic E-state index is 0.839. The lowest BCUT2D eigenvalue weighted by Gasteiger charge is -2.00. The fraction of sp³-hybridized carbons (Fsp3) is 0. The number of anilines is 1. The SMILES string of the molecule is O=[C]NNc1ccccc1. The van der Waals surface area contributed by atoms with E-state index in [1.54, 1.807) is 0 Å². The standard InChI is InChI=1S/C7H7N2O/c10-6-8-9-7-4-2-1-3-5-7/h1-5,9H,(H,8,10). The van der Waals surface area contributed by atoms with Gasteiger partial charge in [-0.2, -0.15) is 0 Å². The van der Waals surface area contributed by atoms with Crippen molar-refractivity contribution < 1.29 is 4.79 Å². The van der Waals surface area contributed by atoms with Gasteiger partial charge in [0.05, 0.1) is 5.69 Å². The van der Waals surface area contributed by atoms with E-state index in [0.717, 1.165) is 5.69 Å². The third-order valence-corrected chi connectivity index (χ3v) is 1.03. The summed E-state index contributed by atoms with van der Waals surface area (Å²) in [6.07, 6.45) is 1.51. The van der Waals surface area contributed by atoms with E-state index in [0.29, 0.717) is 0 Å². The second-order valence-corrected chi connectivity index (χ2v) is 1.72. The molecule has 1 aromatic carbocycles. The van der Waals surface area contributed by atoms with E-state index in [4.69, 9.17) is 0 Å². The zero-order valence-corrected chi connectivity index (χ0v) is 5.29. The Morgan fingerprint density at radius 3 is 2.50 bits per heavy atom. The Labute approximate surface area is 59.0 Å². The van der Waals surface area contributed by atoms with Gasteiger partial charge in [0, 0.05) is 0 Å². The molecular formula is C7H7N2O. The van der Waals surface area contributed by atoms with Crippen molar-refractivity contribution in [3.63, 3.8) is 0 Å². The largest absolute Gasteiger partial charge is 0.329 e. The second kappa shape index (κ2) is 3.50. The summed E-state index contributed by atoms with van der Waals surface area (Å²) in [5, 5.41) is 0. The van der Waals surface area contributed by atoms with Gasteiger partial charge in [-0.1, -0.05) is 18.2 Å². The number of nitrogens with one attached hydrogen (secondary N) is 2. The highest BCUT2D eigenvalue weighted by Crippen LogP contribution is 2.01. The first-order valence-corrected chi connectivity index (χ1v) is 2.86. The van der Waals surface area contributed by atoms with Gasteiger partial charge in [0.15, 0.2) is 0 Å². The molecule has 3 nitrogen and oxygen atoms in total. The highest BCUT2D eigenvalue weighted by molar-refractivity contribution is 5.53. The molecule has 0 bridgehead atoms. The Kier molecular flexibility index (Phi) is 2.31. The van der Waals surface area contributed by atoms with Crippen LogP contribution < -0.4 is 10.9 Å². The van der Waals surface area contributed by atoms with Gasteiger partial charge in [-0.25, -0.2) is 0 Å². The first-order valence-electron chi connectivity index (χ1n) is 2.86. The van der Waals surface area contributed by atoms with Crippen LogP contribution in [-0.4, -0.2) is 6.41 Å². The molecule has 1 rings (SSSR count). The number of benzene rings is 1. The highest BCUT2D eigenvalue weighted by atomic mass is 16.1. The Morgan fingerprint density at radius 1 is 1.20 bits per heavy atom. The van der Waals surface area contributed by atoms with Crippen LogP contribution in [0.15, 0.2) is 30.3 Å². The van der Waals surface area contributed by atoms with Crippen molar-refractivity contribution in [1.82, 2.24) is 5.43 Å². The van der Waals surface area contributed by atoms with Crippen molar-refractivity contribution >= 4 is 12.1 Å². The summed E-state index contributed by atoms with van der Waals surface area (Å²) in [7, 11) is 0. The molecule has 1 radical (unpaired) electrons. The molecule has 0 aliphatic carbocycles. The average molecular weight is 135 g/mol. The van der Waals surface area contributed by atoms with Gasteiger partial charge in [0.25, 0.3) is 0 Å². The van der Waals surface area contributed by atoms with E-state index < -0.39 is 0 Å². The van der Waals surface area contributed by atoms with Crippen LogP contribution in [0.4, 0.5) is 5.69 Å². The van der Waals surface area contributed by atoms with Gasteiger partial charge < -0.3 is 0 Å². The van der Waals surface area contributed by atoms with Crippen molar-refractivity contribution in [2.24, 2.45) is 0 Å². The van der Waals surface area contributed by atoms with Gasteiger partial charge in [0.1, 0.15) is 0 Å². The zero-order chi connectivity index (χ0) is 7.23. The van der Waals surface area contributed by atoms with Crippen LogP contribution in [-0.2, 0) is 4.79 Å². The molecule has 0 spiro atoms. The summed E-state index contributed by atoms with van der Waals surface area (Å²) < 4.78 is 0. The Balaban J connectivity index is 2.50. The first-order chi connectivity index (χ1) is 4.93. The van der Waals surface area contributed by atoms with Crippen LogP contribution in [0, 0.1) is 0 Å². The Hall–Kier alpha value is -1.51. The lowest BCUT2D eigenvalue weighted by atomic mass is 10.3. The van der Waals surface area contributed by atoms with Crippen LogP contribution >= 0.6 is 0 Å². The van der Waals surface area contributed by atoms with Crippen molar-refractivity contribution in [1.29, 1.82) is 0 Å². The summed E-state index contributed by atoms with van der Waals surface area (Å²) in [5.74, 6) is 0. The van der Waals surface area contributed by atoms with E-state index >= 15 is 0 Å². The predicted octanol–water partition coefficient (Wildman–Crippen LogP) is 0.670. The third-order valence-electron chi connectivity index (χ3n) is 1.03. The summed E-state index contributed by atoms with van der Waals surface area (Å²) in [6.45, 7) is 0. The molecule has 0 atom stereocenters. The van der Waals surface area contributed by atoms with Gasteiger partial charge >= 0.3 is 6.41 Å². The van der Waals surface area contributed by atoms with Crippen LogP contribution in [0.1, 0.15) is 0 Å². The predicted molar refractivity (Wildman–Crippen MR) is 38.9 cm³/mol. The van der Waals surface area contributed by atoms with Crippen LogP contribution in [0.2, 0.25) is 0 Å². The molecule has 0 aliphatic rings. The van der Waals surface area contributed by atoms with E-state index in [9.17, 15) is 4.79 Å². The van der Waals surface area contributed by atoms with Gasteiger partial charge in [-0.05, 0) is 12.1 Å². The normalized spacial score (nSPS) is 8.40. The van der Waals surface area contributed by atoms with E-state index in [-0.39, 0.29) is 0 Å². The molecule has 0 aromatic heterocycles. The van der Waals surface area contributed by atoms with Crippen LogP contribution in [0.25, 0.3) is 0 Å². The molecule has 0 aliphatic heterocycles. The molecule has 51 valence electrons. The lowest BCUT2D eigenvalue weighted by Crippen LogP contribution is -2.18. The first kappa shape index (κ1) is 6.61. The molecule has 0 heterocycles. The van der Waals surface area contributed by atoms with E-state index in [2.05, 4.69) is 10.9 Å². The molecular weight excluding hydrogens is 128 g/mol. The van der Waals surface area contributed by atoms with Gasteiger partial charge in [-0.3, -0.25) is 15.6 Å². The number of amides is 1. The van der Waals surface area contributed by atoms with Gasteiger partial charge in [0.2, 0.25) is 0 Å². The molecule has 0 fully saturated rings. The lowest BCUT2D eigenvalue weighted by molar-refractivity contribution is 0.548. The second-order valence-electron chi connectivity index (χ2n) is 1.72. The molecule has 0 saturated heterocycles. The van der Waals surface area contributed by atoms with Gasteiger partial charge in [-0.15, -0.1) is 0 Å². The maximum absolute atomic E-state index is 9.68. The highest BCUT2D eigenvalue weighted by Gasteiger charge is 1.83. The summed E-state index contributed by atoms with van der Waals surface area (Å²) >= 11 is 0. The fourth-order valence-electron chi connectivity index (χ4n) is 0.619. The minimum absolute atomic E-state index is 0.839. The molecule has 0 unspecified atom stereocenters. The molecule has 3 heteroatoms. The topological polar surface area (TPSA) is 41.1 Å². The number of hydrazine groups is 1. The number of hydrogen-bond donors (Lipinski definition) is 2. The number of para-hydroxylation sites is 1. The van der Waals surface area contributed by atoms with Crippen molar-refractivity contribution in [2.45, 2.75) is 0 Å². The zero-order valence-electron chi connectivity index (χ0n) is 5.29. The molecule has 10 heavy (non-hydrogen) atoms. The van der Waals surface area contributed by atoms with Crippen LogP contribution in [0.3, 0.4) is 0 Å². The number of hydrogen-bond acceptors (Lipinski definition) is 2. The minimum Gasteiger partial charge on any atom is -0.298 e. The smallest absolute Gasteiger partial charge is 0.298 e. The van der Waals surface area contributed by atoms with Crippen LogP contribution in [0.5, 0.6) is 0 Å².